The molecule has 110 valence electrons. The summed E-state index contributed by atoms with van der Waals surface area (Å²) in [7, 11) is 3.36. The maximum absolute atomic E-state index is 5.25. The molecule has 1 aromatic heterocycles. The average Bonchev–Trinajstić information content (AvgIpc) is 2.46. The Bertz CT molecular complexity index is 482. The molecule has 2 N–H and O–H groups in total. The molecule has 0 unspecified atom stereocenters. The molecule has 2 rings (SSSR count). The number of hydrogen-bond donors (Lipinski definition) is 2. The summed E-state index contributed by atoms with van der Waals surface area (Å²) in [6.07, 6.45) is 2.46. The Kier molecular flexibility index (Phi) is 4.94. The molecule has 7 heteroatoms. The fraction of sp³-hybridized carbons (Fsp3) is 0.615. The van der Waals surface area contributed by atoms with Crippen LogP contribution in [0.1, 0.15) is 19.8 Å². The summed E-state index contributed by atoms with van der Waals surface area (Å²) in [6.45, 7) is 4.29. The van der Waals surface area contributed by atoms with Crippen molar-refractivity contribution in [2.24, 2.45) is 5.92 Å². The van der Waals surface area contributed by atoms with Gasteiger partial charge in [-0.15, -0.1) is 0 Å². The van der Waals surface area contributed by atoms with E-state index in [-0.39, 0.29) is 0 Å². The van der Waals surface area contributed by atoms with E-state index in [4.69, 9.17) is 17.0 Å². The van der Waals surface area contributed by atoms with Crippen LogP contribution in [0.25, 0.3) is 0 Å². The lowest BCUT2D eigenvalue weighted by atomic mass is 10.0. The molecule has 0 saturated carbocycles. The van der Waals surface area contributed by atoms with Crippen LogP contribution >= 0.6 is 12.2 Å². The molecule has 1 aliphatic heterocycles. The number of rotatable bonds is 3. The van der Waals surface area contributed by atoms with Crippen molar-refractivity contribution in [3.63, 3.8) is 0 Å². The molecule has 0 spiro atoms. The van der Waals surface area contributed by atoms with Crippen LogP contribution in [0.2, 0.25) is 0 Å². The van der Waals surface area contributed by atoms with Gasteiger partial charge in [0, 0.05) is 26.2 Å². The zero-order valence-electron chi connectivity index (χ0n) is 12.1. The van der Waals surface area contributed by atoms with Gasteiger partial charge in [-0.1, -0.05) is 6.92 Å². The molecule has 1 aliphatic rings. The first-order chi connectivity index (χ1) is 9.62. The van der Waals surface area contributed by atoms with Gasteiger partial charge in [0.25, 0.3) is 0 Å². The van der Waals surface area contributed by atoms with Crippen LogP contribution < -0.4 is 20.3 Å². The van der Waals surface area contributed by atoms with E-state index in [0.717, 1.165) is 18.9 Å². The number of ether oxygens (including phenoxy) is 1. The second kappa shape index (κ2) is 6.69. The molecule has 0 bridgehead atoms. The first-order valence-electron chi connectivity index (χ1n) is 6.79. The van der Waals surface area contributed by atoms with Gasteiger partial charge in [0.15, 0.2) is 5.11 Å². The van der Waals surface area contributed by atoms with Crippen LogP contribution in [0.5, 0.6) is 5.88 Å². The summed E-state index contributed by atoms with van der Waals surface area (Å²) in [5.41, 5.74) is 0. The Hall–Kier alpha value is -1.63. The number of hydrogen-bond acceptors (Lipinski definition) is 5. The van der Waals surface area contributed by atoms with Crippen molar-refractivity contribution in [2.45, 2.75) is 19.8 Å². The first kappa shape index (κ1) is 14.8. The number of thiocarbonyl (C=S) groups is 1. The third-order valence-electron chi connectivity index (χ3n) is 3.33. The smallest absolute Gasteiger partial charge is 0.234 e. The number of piperidine rings is 1. The van der Waals surface area contributed by atoms with Crippen molar-refractivity contribution >= 4 is 29.1 Å². The van der Waals surface area contributed by atoms with Crippen LogP contribution in [0.4, 0.5) is 11.8 Å². The number of anilines is 2. The van der Waals surface area contributed by atoms with Gasteiger partial charge in [-0.05, 0) is 31.0 Å². The normalized spacial score (nSPS) is 18.6. The van der Waals surface area contributed by atoms with Crippen molar-refractivity contribution in [1.29, 1.82) is 0 Å². The molecule has 0 amide bonds. The molecular weight excluding hydrogens is 274 g/mol. The van der Waals surface area contributed by atoms with E-state index >= 15 is 0 Å². The monoisotopic (exact) mass is 295 g/mol. The number of aromatic nitrogens is 2. The molecule has 1 fully saturated rings. The van der Waals surface area contributed by atoms with Gasteiger partial charge >= 0.3 is 0 Å². The van der Waals surface area contributed by atoms with Gasteiger partial charge in [0.1, 0.15) is 5.82 Å². The second-order valence-electron chi connectivity index (χ2n) is 4.99. The third kappa shape index (κ3) is 3.69. The summed E-state index contributed by atoms with van der Waals surface area (Å²) < 4.78 is 5.25. The minimum Gasteiger partial charge on any atom is -0.481 e. The molecule has 0 aliphatic carbocycles. The summed E-state index contributed by atoms with van der Waals surface area (Å²) in [5, 5.41) is 6.27. The molecule has 20 heavy (non-hydrogen) atoms. The highest BCUT2D eigenvalue weighted by molar-refractivity contribution is 7.80. The van der Waals surface area contributed by atoms with Gasteiger partial charge in [-0.2, -0.15) is 9.97 Å². The minimum absolute atomic E-state index is 0.455. The maximum Gasteiger partial charge on any atom is 0.234 e. The first-order valence-corrected chi connectivity index (χ1v) is 7.20. The van der Waals surface area contributed by atoms with E-state index in [1.165, 1.54) is 12.8 Å². The molecule has 0 aromatic carbocycles. The van der Waals surface area contributed by atoms with Gasteiger partial charge in [0.2, 0.25) is 11.8 Å². The van der Waals surface area contributed by atoms with Gasteiger partial charge in [0.05, 0.1) is 7.11 Å². The lowest BCUT2D eigenvalue weighted by Gasteiger charge is -2.32. The highest BCUT2D eigenvalue weighted by Crippen LogP contribution is 2.24. The average molecular weight is 295 g/mol. The highest BCUT2D eigenvalue weighted by Gasteiger charge is 2.19. The van der Waals surface area contributed by atoms with Gasteiger partial charge in [-0.3, -0.25) is 0 Å². The Labute approximate surface area is 124 Å². The maximum atomic E-state index is 5.25. The summed E-state index contributed by atoms with van der Waals surface area (Å²) in [4.78, 5) is 11.0. The van der Waals surface area contributed by atoms with Crippen LogP contribution in [0, 0.1) is 5.92 Å². The third-order valence-corrected chi connectivity index (χ3v) is 3.64. The lowest BCUT2D eigenvalue weighted by Crippen LogP contribution is -2.35. The van der Waals surface area contributed by atoms with E-state index in [0.29, 0.717) is 22.9 Å². The molecule has 6 nitrogen and oxygen atoms in total. The number of nitrogens with zero attached hydrogens (tertiary/aromatic N) is 3. The molecule has 1 aromatic rings. The largest absolute Gasteiger partial charge is 0.481 e. The van der Waals surface area contributed by atoms with Crippen molar-refractivity contribution in [3.8, 4) is 5.88 Å². The van der Waals surface area contributed by atoms with Crippen molar-refractivity contribution in [2.75, 3.05) is 37.5 Å². The Morgan fingerprint density at radius 1 is 1.50 bits per heavy atom. The van der Waals surface area contributed by atoms with E-state index in [1.807, 2.05) is 6.07 Å². The highest BCUT2D eigenvalue weighted by atomic mass is 32.1. The molecule has 1 atom stereocenters. The molecule has 2 heterocycles. The van der Waals surface area contributed by atoms with E-state index < -0.39 is 0 Å². The van der Waals surface area contributed by atoms with Gasteiger partial charge < -0.3 is 20.3 Å². The van der Waals surface area contributed by atoms with Crippen LogP contribution in [-0.4, -0.2) is 42.3 Å². The molecule has 0 radical (unpaired) electrons. The Morgan fingerprint density at radius 2 is 2.30 bits per heavy atom. The van der Waals surface area contributed by atoms with E-state index in [2.05, 4.69) is 32.4 Å². The molecule has 1 saturated heterocycles. The van der Waals surface area contributed by atoms with Crippen molar-refractivity contribution in [1.82, 2.24) is 15.3 Å². The van der Waals surface area contributed by atoms with Crippen molar-refractivity contribution < 1.29 is 4.74 Å². The minimum atomic E-state index is 0.455. The van der Waals surface area contributed by atoms with Crippen molar-refractivity contribution in [3.05, 3.63) is 6.07 Å². The predicted molar refractivity (Wildman–Crippen MR) is 84.5 cm³/mol. The fourth-order valence-electron chi connectivity index (χ4n) is 2.30. The topological polar surface area (TPSA) is 62.3 Å². The number of methoxy groups -OCH3 is 1. The summed E-state index contributed by atoms with van der Waals surface area (Å²) >= 11 is 5.08. The summed E-state index contributed by atoms with van der Waals surface area (Å²) in [5.74, 6) is 2.55. The lowest BCUT2D eigenvalue weighted by molar-refractivity contribution is 0.396. The zero-order valence-corrected chi connectivity index (χ0v) is 13.0. The Morgan fingerprint density at radius 3 is 2.95 bits per heavy atom. The number of nitrogens with one attached hydrogen (secondary N) is 2. The van der Waals surface area contributed by atoms with Crippen LogP contribution in [-0.2, 0) is 0 Å². The second-order valence-corrected chi connectivity index (χ2v) is 5.40. The molecular formula is C13H21N5OS. The van der Waals surface area contributed by atoms with Crippen LogP contribution in [0.15, 0.2) is 6.07 Å². The van der Waals surface area contributed by atoms with Gasteiger partial charge in [-0.25, -0.2) is 0 Å². The van der Waals surface area contributed by atoms with E-state index in [1.54, 1.807) is 14.2 Å². The van der Waals surface area contributed by atoms with Crippen LogP contribution in [0.3, 0.4) is 0 Å². The zero-order chi connectivity index (χ0) is 14.5. The van der Waals surface area contributed by atoms with E-state index in [9.17, 15) is 0 Å². The Balaban J connectivity index is 2.22. The predicted octanol–water partition coefficient (Wildman–Crippen LogP) is 1.64. The summed E-state index contributed by atoms with van der Waals surface area (Å²) in [6, 6.07) is 1.87. The standard InChI is InChI=1S/C13H21N5OS/c1-9-5-4-6-18(8-9)10-7-11(19-3)16-12(15-10)17-13(20)14-2/h7,9H,4-6,8H2,1-3H3,(H2,14,15,16,17,20)/t9-/m1/s1. The SMILES string of the molecule is CNC(=S)Nc1nc(OC)cc(N2CCC[C@@H](C)C2)n1. The fourth-order valence-corrected chi connectivity index (χ4v) is 2.39. The quantitative estimate of drug-likeness (QED) is 0.822.